The minimum absolute atomic E-state index is 0.0634. The van der Waals surface area contributed by atoms with Gasteiger partial charge in [0.25, 0.3) is 0 Å². The van der Waals surface area contributed by atoms with Crippen LogP contribution in [0.3, 0.4) is 0 Å². The summed E-state index contributed by atoms with van der Waals surface area (Å²) in [5.41, 5.74) is 0.102. The zero-order valence-corrected chi connectivity index (χ0v) is 15.3. The molecule has 2 aliphatic rings. The maximum atomic E-state index is 12.5. The van der Waals surface area contributed by atoms with Crippen LogP contribution in [0, 0.1) is 11.8 Å². The number of nitrogens with one attached hydrogen (secondary N) is 1. The largest absolute Gasteiger partial charge is 0.393 e. The van der Waals surface area contributed by atoms with Gasteiger partial charge in [0.2, 0.25) is 0 Å². The van der Waals surface area contributed by atoms with Crippen molar-refractivity contribution >= 4 is 6.03 Å². The molecule has 0 aromatic carbocycles. The number of carbonyl (C=O) groups is 1. The van der Waals surface area contributed by atoms with Crippen molar-refractivity contribution in [2.45, 2.75) is 64.0 Å². The molecule has 0 aromatic heterocycles. The molecule has 3 atom stereocenters. The third-order valence-electron chi connectivity index (χ3n) is 6.09. The van der Waals surface area contributed by atoms with Gasteiger partial charge in [0.15, 0.2) is 0 Å². The van der Waals surface area contributed by atoms with Crippen LogP contribution in [0.2, 0.25) is 0 Å². The van der Waals surface area contributed by atoms with Crippen LogP contribution in [-0.4, -0.2) is 66.3 Å². The summed E-state index contributed by atoms with van der Waals surface area (Å²) < 4.78 is 0. The summed E-state index contributed by atoms with van der Waals surface area (Å²) in [4.78, 5) is 16.7. The smallest absolute Gasteiger partial charge is 0.317 e. The summed E-state index contributed by atoms with van der Waals surface area (Å²) in [6.07, 6.45) is 6.41. The first kappa shape index (κ1) is 18.5. The highest BCUT2D eigenvalue weighted by atomic mass is 16.3. The predicted octanol–water partition coefficient (Wildman–Crippen LogP) is 2.30. The lowest BCUT2D eigenvalue weighted by molar-refractivity contribution is 0.0676. The van der Waals surface area contributed by atoms with Crippen molar-refractivity contribution in [1.29, 1.82) is 0 Å². The highest BCUT2D eigenvalue weighted by molar-refractivity contribution is 5.74. The molecule has 5 heteroatoms. The van der Waals surface area contributed by atoms with Crippen LogP contribution in [0.5, 0.6) is 0 Å². The third-order valence-corrected chi connectivity index (χ3v) is 6.09. The van der Waals surface area contributed by atoms with Crippen LogP contribution in [0.1, 0.15) is 52.4 Å². The first-order chi connectivity index (χ1) is 10.8. The molecule has 1 heterocycles. The maximum absolute atomic E-state index is 12.5. The molecule has 134 valence electrons. The summed E-state index contributed by atoms with van der Waals surface area (Å²) in [7, 11) is 4.27. The van der Waals surface area contributed by atoms with Crippen LogP contribution < -0.4 is 5.32 Å². The highest BCUT2D eigenvalue weighted by Crippen LogP contribution is 2.35. The van der Waals surface area contributed by atoms with Crippen molar-refractivity contribution in [3.8, 4) is 0 Å². The zero-order chi connectivity index (χ0) is 17.0. The summed E-state index contributed by atoms with van der Waals surface area (Å²) >= 11 is 0. The van der Waals surface area contributed by atoms with E-state index in [1.54, 1.807) is 0 Å². The van der Waals surface area contributed by atoms with Gasteiger partial charge in [-0.1, -0.05) is 19.8 Å². The number of hydrogen-bond acceptors (Lipinski definition) is 3. The van der Waals surface area contributed by atoms with Crippen LogP contribution in [0.25, 0.3) is 0 Å². The third kappa shape index (κ3) is 4.60. The fourth-order valence-corrected chi connectivity index (χ4v) is 4.29. The molecule has 1 saturated carbocycles. The molecule has 2 fully saturated rings. The number of aliphatic hydroxyl groups is 1. The van der Waals surface area contributed by atoms with E-state index in [9.17, 15) is 9.90 Å². The van der Waals surface area contributed by atoms with E-state index in [1.165, 1.54) is 12.8 Å². The average Bonchev–Trinajstić information content (AvgIpc) is 2.52. The van der Waals surface area contributed by atoms with E-state index in [4.69, 9.17) is 0 Å². The van der Waals surface area contributed by atoms with Crippen LogP contribution in [-0.2, 0) is 0 Å². The Hall–Kier alpha value is -0.810. The van der Waals surface area contributed by atoms with Crippen molar-refractivity contribution in [2.24, 2.45) is 11.8 Å². The molecule has 0 aromatic rings. The van der Waals surface area contributed by atoms with Gasteiger partial charge in [-0.05, 0) is 58.5 Å². The first-order valence-corrected chi connectivity index (χ1v) is 9.22. The molecule has 2 N–H and O–H groups in total. The van der Waals surface area contributed by atoms with Crippen LogP contribution in [0.4, 0.5) is 4.79 Å². The Morgan fingerprint density at radius 2 is 2.00 bits per heavy atom. The van der Waals surface area contributed by atoms with Gasteiger partial charge in [0.05, 0.1) is 6.10 Å². The number of aliphatic hydroxyl groups excluding tert-OH is 1. The average molecular weight is 325 g/mol. The molecular weight excluding hydrogens is 290 g/mol. The number of likely N-dealkylation sites (tertiary alicyclic amines) is 1. The Kier molecular flexibility index (Phi) is 6.32. The topological polar surface area (TPSA) is 55.8 Å². The zero-order valence-electron chi connectivity index (χ0n) is 15.3. The number of carbonyl (C=O) groups excluding carboxylic acids is 1. The minimum atomic E-state index is -0.263. The highest BCUT2D eigenvalue weighted by Gasteiger charge is 2.37. The van der Waals surface area contributed by atoms with Crippen molar-refractivity contribution in [2.75, 3.05) is 33.7 Å². The second-order valence-corrected chi connectivity index (χ2v) is 8.04. The summed E-state index contributed by atoms with van der Waals surface area (Å²) in [5, 5.41) is 12.9. The minimum Gasteiger partial charge on any atom is -0.393 e. The molecule has 1 saturated heterocycles. The molecule has 1 aliphatic carbocycles. The monoisotopic (exact) mass is 325 g/mol. The predicted molar refractivity (Wildman–Crippen MR) is 93.4 cm³/mol. The van der Waals surface area contributed by atoms with E-state index in [2.05, 4.69) is 31.2 Å². The number of hydrogen-bond donors (Lipinski definition) is 2. The molecule has 3 unspecified atom stereocenters. The second kappa shape index (κ2) is 7.84. The molecule has 0 radical (unpaired) electrons. The van der Waals surface area contributed by atoms with Gasteiger partial charge in [-0.3, -0.25) is 0 Å². The molecule has 1 aliphatic heterocycles. The Bertz CT molecular complexity index is 392. The van der Waals surface area contributed by atoms with Crippen molar-refractivity contribution in [1.82, 2.24) is 15.1 Å². The molecule has 5 nitrogen and oxygen atoms in total. The lowest BCUT2D eigenvalue weighted by Gasteiger charge is -2.45. The maximum Gasteiger partial charge on any atom is 0.317 e. The molecule has 2 rings (SSSR count). The normalized spacial score (nSPS) is 31.2. The van der Waals surface area contributed by atoms with Crippen LogP contribution >= 0.6 is 0 Å². The Morgan fingerprint density at radius 3 is 2.52 bits per heavy atom. The number of amides is 2. The van der Waals surface area contributed by atoms with Gasteiger partial charge < -0.3 is 20.2 Å². The van der Waals surface area contributed by atoms with Gasteiger partial charge in [0, 0.05) is 25.2 Å². The molecule has 0 bridgehead atoms. The Morgan fingerprint density at radius 1 is 1.35 bits per heavy atom. The Labute approximate surface area is 141 Å². The molecular formula is C18H35N3O2. The molecule has 23 heavy (non-hydrogen) atoms. The number of piperidine rings is 1. The van der Waals surface area contributed by atoms with Gasteiger partial charge in [-0.15, -0.1) is 0 Å². The number of rotatable bonds is 4. The lowest BCUT2D eigenvalue weighted by Crippen LogP contribution is -2.57. The van der Waals surface area contributed by atoms with E-state index in [0.717, 1.165) is 51.2 Å². The van der Waals surface area contributed by atoms with Crippen molar-refractivity contribution in [3.05, 3.63) is 0 Å². The quantitative estimate of drug-likeness (QED) is 0.834. The van der Waals surface area contributed by atoms with Gasteiger partial charge in [0.1, 0.15) is 0 Å². The van der Waals surface area contributed by atoms with Gasteiger partial charge in [-0.25, -0.2) is 4.79 Å². The van der Waals surface area contributed by atoms with Gasteiger partial charge in [-0.2, -0.15) is 0 Å². The fourth-order valence-electron chi connectivity index (χ4n) is 4.29. The summed E-state index contributed by atoms with van der Waals surface area (Å²) in [5.74, 6) is 1.07. The van der Waals surface area contributed by atoms with E-state index in [1.807, 2.05) is 11.8 Å². The second-order valence-electron chi connectivity index (χ2n) is 8.04. The van der Waals surface area contributed by atoms with Gasteiger partial charge >= 0.3 is 6.03 Å². The lowest BCUT2D eigenvalue weighted by atomic mass is 9.75. The van der Waals surface area contributed by atoms with E-state index in [-0.39, 0.29) is 17.7 Å². The SMILES string of the molecule is CC1CCCC(CNC(=O)N2CCC(C(C)O)CC2)(N(C)C)C1. The first-order valence-electron chi connectivity index (χ1n) is 9.22. The number of nitrogens with zero attached hydrogens (tertiary/aromatic N) is 2. The standard InChI is InChI=1S/C18H35N3O2/c1-14-6-5-9-18(12-14,20(3)4)13-19-17(23)21-10-7-16(8-11-21)15(2)22/h14-16,22H,5-13H2,1-4H3,(H,19,23). The fraction of sp³-hybridized carbons (Fsp3) is 0.944. The van der Waals surface area contributed by atoms with E-state index >= 15 is 0 Å². The van der Waals surface area contributed by atoms with E-state index in [0.29, 0.717) is 5.92 Å². The van der Waals surface area contributed by atoms with Crippen molar-refractivity contribution < 1.29 is 9.90 Å². The van der Waals surface area contributed by atoms with Crippen molar-refractivity contribution in [3.63, 3.8) is 0 Å². The number of urea groups is 1. The Balaban J connectivity index is 1.85. The molecule has 0 spiro atoms. The van der Waals surface area contributed by atoms with E-state index < -0.39 is 0 Å². The summed E-state index contributed by atoms with van der Waals surface area (Å²) in [6.45, 7) is 6.42. The molecule has 2 amide bonds. The van der Waals surface area contributed by atoms with Crippen LogP contribution in [0.15, 0.2) is 0 Å². The summed E-state index contributed by atoms with van der Waals surface area (Å²) in [6, 6.07) is 0.0634. The number of likely N-dealkylation sites (N-methyl/N-ethyl adjacent to an activating group) is 1.